The van der Waals surface area contributed by atoms with Gasteiger partial charge in [-0.25, -0.2) is 0 Å². The van der Waals surface area contributed by atoms with Crippen LogP contribution in [0.15, 0.2) is 24.3 Å². The van der Waals surface area contributed by atoms with Crippen LogP contribution in [-0.2, 0) is 0 Å². The van der Waals surface area contributed by atoms with Gasteiger partial charge in [-0.2, -0.15) is 0 Å². The van der Waals surface area contributed by atoms with E-state index in [1.54, 1.807) is 0 Å². The van der Waals surface area contributed by atoms with Crippen LogP contribution in [-0.4, -0.2) is 25.7 Å². The van der Waals surface area contributed by atoms with Gasteiger partial charge in [-0.1, -0.05) is 26.0 Å². The first kappa shape index (κ1) is 14.0. The Labute approximate surface area is 106 Å². The fourth-order valence-corrected chi connectivity index (χ4v) is 2.24. The van der Waals surface area contributed by atoms with E-state index in [2.05, 4.69) is 62.2 Å². The lowest BCUT2D eigenvalue weighted by molar-refractivity contribution is 0.534. The summed E-state index contributed by atoms with van der Waals surface area (Å²) < 4.78 is 0. The highest BCUT2D eigenvalue weighted by atomic mass is 15.2. The van der Waals surface area contributed by atoms with Crippen molar-refractivity contribution in [1.82, 2.24) is 5.32 Å². The van der Waals surface area contributed by atoms with Gasteiger partial charge in [-0.05, 0) is 44.5 Å². The van der Waals surface area contributed by atoms with Crippen LogP contribution in [0.2, 0.25) is 0 Å². The third kappa shape index (κ3) is 4.04. The van der Waals surface area contributed by atoms with Crippen LogP contribution >= 0.6 is 0 Å². The molecule has 0 aromatic heterocycles. The molecular formula is C15H26N2. The van der Waals surface area contributed by atoms with E-state index in [1.807, 2.05) is 0 Å². The van der Waals surface area contributed by atoms with Gasteiger partial charge in [0.2, 0.25) is 0 Å². The number of benzene rings is 1. The van der Waals surface area contributed by atoms with Gasteiger partial charge in [0.25, 0.3) is 0 Å². The predicted octanol–water partition coefficient (Wildman–Crippen LogP) is 3.21. The molecule has 96 valence electrons. The molecule has 1 rings (SSSR count). The van der Waals surface area contributed by atoms with Gasteiger partial charge in [-0.3, -0.25) is 0 Å². The lowest BCUT2D eigenvalue weighted by Gasteiger charge is -2.32. The number of hydrogen-bond acceptors (Lipinski definition) is 2. The third-order valence-electron chi connectivity index (χ3n) is 3.22. The Kier molecular flexibility index (Phi) is 6.06. The first-order chi connectivity index (χ1) is 8.22. The summed E-state index contributed by atoms with van der Waals surface area (Å²) in [6.45, 7) is 12.0. The van der Waals surface area contributed by atoms with E-state index < -0.39 is 0 Å². The van der Waals surface area contributed by atoms with E-state index in [0.29, 0.717) is 6.04 Å². The van der Waals surface area contributed by atoms with Crippen molar-refractivity contribution >= 4 is 5.69 Å². The highest BCUT2D eigenvalue weighted by Gasteiger charge is 2.15. The molecule has 1 aromatic rings. The number of likely N-dealkylation sites (N-methyl/N-ethyl adjacent to an activating group) is 2. The lowest BCUT2D eigenvalue weighted by Crippen LogP contribution is -2.42. The number of aryl methyl sites for hydroxylation is 1. The molecule has 17 heavy (non-hydrogen) atoms. The van der Waals surface area contributed by atoms with Crippen LogP contribution in [0.3, 0.4) is 0 Å². The van der Waals surface area contributed by atoms with Crippen molar-refractivity contribution in [2.45, 2.75) is 40.2 Å². The number of nitrogens with one attached hydrogen (secondary N) is 1. The third-order valence-corrected chi connectivity index (χ3v) is 3.22. The van der Waals surface area contributed by atoms with Crippen molar-refractivity contribution < 1.29 is 0 Å². The standard InChI is InChI=1S/C15H26N2/c1-5-14(12-16-6-2)17(7-3)15-10-8-9-13(4)11-15/h8-11,14,16H,5-7,12H2,1-4H3. The van der Waals surface area contributed by atoms with E-state index in [9.17, 15) is 0 Å². The maximum atomic E-state index is 3.46. The van der Waals surface area contributed by atoms with Crippen molar-refractivity contribution in [2.24, 2.45) is 0 Å². The molecule has 0 aliphatic carbocycles. The van der Waals surface area contributed by atoms with Gasteiger partial charge in [0.15, 0.2) is 0 Å². The average molecular weight is 234 g/mol. The Hall–Kier alpha value is -1.02. The van der Waals surface area contributed by atoms with Crippen LogP contribution in [0.5, 0.6) is 0 Å². The molecule has 0 spiro atoms. The molecule has 0 heterocycles. The average Bonchev–Trinajstić information content (AvgIpc) is 2.34. The quantitative estimate of drug-likeness (QED) is 0.779. The highest BCUT2D eigenvalue weighted by Crippen LogP contribution is 2.19. The minimum Gasteiger partial charge on any atom is -0.368 e. The topological polar surface area (TPSA) is 15.3 Å². The molecular weight excluding hydrogens is 208 g/mol. The van der Waals surface area contributed by atoms with Crippen molar-refractivity contribution in [2.75, 3.05) is 24.5 Å². The van der Waals surface area contributed by atoms with Crippen LogP contribution in [0.1, 0.15) is 32.8 Å². The number of hydrogen-bond donors (Lipinski definition) is 1. The van der Waals surface area contributed by atoms with Gasteiger partial charge in [0.05, 0.1) is 0 Å². The summed E-state index contributed by atoms with van der Waals surface area (Å²) in [5, 5.41) is 3.46. The zero-order valence-electron chi connectivity index (χ0n) is 11.7. The molecule has 0 radical (unpaired) electrons. The number of nitrogens with zero attached hydrogens (tertiary/aromatic N) is 1. The summed E-state index contributed by atoms with van der Waals surface area (Å²) in [5.41, 5.74) is 2.68. The molecule has 0 aliphatic rings. The molecule has 1 unspecified atom stereocenters. The Morgan fingerprint density at radius 3 is 2.53 bits per heavy atom. The van der Waals surface area contributed by atoms with Crippen molar-refractivity contribution in [3.8, 4) is 0 Å². The maximum absolute atomic E-state index is 3.46. The second-order valence-corrected chi connectivity index (χ2v) is 4.49. The SMILES string of the molecule is CCNCC(CC)N(CC)c1cccc(C)c1. The molecule has 0 bridgehead atoms. The molecule has 1 aromatic carbocycles. The van der Waals surface area contributed by atoms with Gasteiger partial charge < -0.3 is 10.2 Å². The summed E-state index contributed by atoms with van der Waals surface area (Å²) in [7, 11) is 0. The van der Waals surface area contributed by atoms with Crippen LogP contribution in [0, 0.1) is 6.92 Å². The van der Waals surface area contributed by atoms with Crippen molar-refractivity contribution in [3.05, 3.63) is 29.8 Å². The number of anilines is 1. The van der Waals surface area contributed by atoms with Gasteiger partial charge in [0, 0.05) is 24.8 Å². The Bertz CT molecular complexity index is 322. The van der Waals surface area contributed by atoms with Crippen LogP contribution in [0.4, 0.5) is 5.69 Å². The summed E-state index contributed by atoms with van der Waals surface area (Å²) in [5.74, 6) is 0. The smallest absolute Gasteiger partial charge is 0.0411 e. The minimum atomic E-state index is 0.585. The van der Waals surface area contributed by atoms with Crippen molar-refractivity contribution in [1.29, 1.82) is 0 Å². The monoisotopic (exact) mass is 234 g/mol. The van der Waals surface area contributed by atoms with Crippen molar-refractivity contribution in [3.63, 3.8) is 0 Å². The Balaban J connectivity index is 2.81. The fourth-order valence-electron chi connectivity index (χ4n) is 2.24. The first-order valence-electron chi connectivity index (χ1n) is 6.76. The van der Waals surface area contributed by atoms with Crippen LogP contribution < -0.4 is 10.2 Å². The second-order valence-electron chi connectivity index (χ2n) is 4.49. The van der Waals surface area contributed by atoms with E-state index in [1.165, 1.54) is 17.7 Å². The molecule has 0 aliphatic heterocycles. The van der Waals surface area contributed by atoms with Crippen LogP contribution in [0.25, 0.3) is 0 Å². The molecule has 0 amide bonds. The predicted molar refractivity (Wildman–Crippen MR) is 76.8 cm³/mol. The summed E-state index contributed by atoms with van der Waals surface area (Å²) in [6.07, 6.45) is 1.18. The zero-order valence-corrected chi connectivity index (χ0v) is 11.7. The zero-order chi connectivity index (χ0) is 12.7. The Morgan fingerprint density at radius 1 is 1.24 bits per heavy atom. The lowest BCUT2D eigenvalue weighted by atomic mass is 10.1. The normalized spacial score (nSPS) is 12.5. The van der Waals surface area contributed by atoms with E-state index in [0.717, 1.165) is 19.6 Å². The number of rotatable bonds is 7. The second kappa shape index (κ2) is 7.33. The molecule has 0 fully saturated rings. The molecule has 0 saturated carbocycles. The van der Waals surface area contributed by atoms with E-state index in [4.69, 9.17) is 0 Å². The molecule has 2 nitrogen and oxygen atoms in total. The first-order valence-corrected chi connectivity index (χ1v) is 6.76. The highest BCUT2D eigenvalue weighted by molar-refractivity contribution is 5.49. The molecule has 1 N–H and O–H groups in total. The summed E-state index contributed by atoms with van der Waals surface area (Å²) in [6, 6.07) is 9.38. The minimum absolute atomic E-state index is 0.585. The van der Waals surface area contributed by atoms with E-state index >= 15 is 0 Å². The van der Waals surface area contributed by atoms with Gasteiger partial charge in [-0.15, -0.1) is 0 Å². The summed E-state index contributed by atoms with van der Waals surface area (Å²) >= 11 is 0. The molecule has 2 heteroatoms. The maximum Gasteiger partial charge on any atom is 0.0411 e. The van der Waals surface area contributed by atoms with Gasteiger partial charge in [0.1, 0.15) is 0 Å². The molecule has 1 atom stereocenters. The summed E-state index contributed by atoms with van der Waals surface area (Å²) in [4.78, 5) is 2.50. The largest absolute Gasteiger partial charge is 0.368 e. The van der Waals surface area contributed by atoms with E-state index in [-0.39, 0.29) is 0 Å². The Morgan fingerprint density at radius 2 is 2.00 bits per heavy atom. The van der Waals surface area contributed by atoms with Gasteiger partial charge >= 0.3 is 0 Å². The fraction of sp³-hybridized carbons (Fsp3) is 0.600. The molecule has 0 saturated heterocycles.